The van der Waals surface area contributed by atoms with Crippen molar-refractivity contribution in [1.82, 2.24) is 5.32 Å². The third-order valence-corrected chi connectivity index (χ3v) is 3.16. The first kappa shape index (κ1) is 11.5. The molecule has 0 saturated heterocycles. The average molecular weight is 200 g/mol. The standard InChI is InChI=1S/C10H20N2O2/c1-10(2)7(6-8(10)13)12-9(14)4-3-5-11/h7-8,13H,3-6,11H2,1-2H3,(H,12,14). The molecule has 14 heavy (non-hydrogen) atoms. The Morgan fingerprint density at radius 3 is 2.71 bits per heavy atom. The fraction of sp³-hybridized carbons (Fsp3) is 0.900. The van der Waals surface area contributed by atoms with Gasteiger partial charge >= 0.3 is 0 Å². The van der Waals surface area contributed by atoms with Crippen LogP contribution >= 0.6 is 0 Å². The van der Waals surface area contributed by atoms with Gasteiger partial charge in [-0.2, -0.15) is 0 Å². The Balaban J connectivity index is 2.29. The van der Waals surface area contributed by atoms with Crippen LogP contribution in [0.15, 0.2) is 0 Å². The molecule has 4 heteroatoms. The molecular weight excluding hydrogens is 180 g/mol. The predicted octanol–water partition coefficient (Wildman–Crippen LogP) is 0.000900. The van der Waals surface area contributed by atoms with Crippen molar-refractivity contribution < 1.29 is 9.90 Å². The van der Waals surface area contributed by atoms with E-state index in [1.807, 2.05) is 13.8 Å². The van der Waals surface area contributed by atoms with Gasteiger partial charge in [0.15, 0.2) is 0 Å². The number of nitrogens with one attached hydrogen (secondary N) is 1. The minimum Gasteiger partial charge on any atom is -0.392 e. The van der Waals surface area contributed by atoms with E-state index in [0.717, 1.165) is 6.42 Å². The van der Waals surface area contributed by atoms with Crippen LogP contribution in [-0.2, 0) is 4.79 Å². The molecule has 4 N–H and O–H groups in total. The third-order valence-electron chi connectivity index (χ3n) is 3.16. The summed E-state index contributed by atoms with van der Waals surface area (Å²) in [6.45, 7) is 4.48. The molecule has 0 aromatic carbocycles. The monoisotopic (exact) mass is 200 g/mol. The van der Waals surface area contributed by atoms with E-state index in [4.69, 9.17) is 5.73 Å². The largest absolute Gasteiger partial charge is 0.392 e. The van der Waals surface area contributed by atoms with Gasteiger partial charge in [0, 0.05) is 17.9 Å². The molecule has 0 heterocycles. The van der Waals surface area contributed by atoms with E-state index in [2.05, 4.69) is 5.32 Å². The van der Waals surface area contributed by atoms with Crippen molar-refractivity contribution in [1.29, 1.82) is 0 Å². The van der Waals surface area contributed by atoms with Crippen LogP contribution in [0.25, 0.3) is 0 Å². The molecule has 0 aromatic rings. The van der Waals surface area contributed by atoms with Crippen LogP contribution in [0.5, 0.6) is 0 Å². The molecule has 2 atom stereocenters. The zero-order valence-corrected chi connectivity index (χ0v) is 8.92. The van der Waals surface area contributed by atoms with E-state index in [0.29, 0.717) is 19.4 Å². The van der Waals surface area contributed by atoms with Crippen LogP contribution < -0.4 is 11.1 Å². The topological polar surface area (TPSA) is 75.3 Å². The van der Waals surface area contributed by atoms with E-state index >= 15 is 0 Å². The summed E-state index contributed by atoms with van der Waals surface area (Å²) in [7, 11) is 0. The lowest BCUT2D eigenvalue weighted by molar-refractivity contribution is -0.129. The molecule has 0 bridgehead atoms. The predicted molar refractivity (Wildman–Crippen MR) is 54.6 cm³/mol. The smallest absolute Gasteiger partial charge is 0.220 e. The molecule has 1 aliphatic rings. The molecule has 0 radical (unpaired) electrons. The van der Waals surface area contributed by atoms with Crippen molar-refractivity contribution in [3.05, 3.63) is 0 Å². The van der Waals surface area contributed by atoms with E-state index in [9.17, 15) is 9.90 Å². The Morgan fingerprint density at radius 2 is 2.29 bits per heavy atom. The summed E-state index contributed by atoms with van der Waals surface area (Å²) >= 11 is 0. The molecule has 82 valence electrons. The highest BCUT2D eigenvalue weighted by Crippen LogP contribution is 2.40. The second-order valence-corrected chi connectivity index (χ2v) is 4.59. The molecule has 0 spiro atoms. The maximum atomic E-state index is 11.4. The lowest BCUT2D eigenvalue weighted by atomic mass is 9.64. The quantitative estimate of drug-likeness (QED) is 0.598. The van der Waals surface area contributed by atoms with Gasteiger partial charge in [0.05, 0.1) is 6.10 Å². The Bertz CT molecular complexity index is 216. The number of aliphatic hydroxyl groups is 1. The fourth-order valence-electron chi connectivity index (χ4n) is 1.68. The summed E-state index contributed by atoms with van der Waals surface area (Å²) in [6.07, 6.45) is 1.59. The lowest BCUT2D eigenvalue weighted by Gasteiger charge is -2.49. The molecule has 1 aliphatic carbocycles. The van der Waals surface area contributed by atoms with Crippen LogP contribution in [-0.4, -0.2) is 29.7 Å². The second-order valence-electron chi connectivity index (χ2n) is 4.59. The van der Waals surface area contributed by atoms with Gasteiger partial charge < -0.3 is 16.2 Å². The van der Waals surface area contributed by atoms with E-state index in [1.165, 1.54) is 0 Å². The van der Waals surface area contributed by atoms with Crippen LogP contribution in [0.2, 0.25) is 0 Å². The van der Waals surface area contributed by atoms with Gasteiger partial charge in [0.2, 0.25) is 5.91 Å². The molecule has 4 nitrogen and oxygen atoms in total. The number of carbonyl (C=O) groups is 1. The average Bonchev–Trinajstić information content (AvgIpc) is 2.14. The van der Waals surface area contributed by atoms with Gasteiger partial charge in [0.25, 0.3) is 0 Å². The maximum Gasteiger partial charge on any atom is 0.220 e. The summed E-state index contributed by atoms with van der Waals surface area (Å²) < 4.78 is 0. The minimum atomic E-state index is -0.290. The highest BCUT2D eigenvalue weighted by Gasteiger charge is 2.47. The van der Waals surface area contributed by atoms with Gasteiger partial charge in [-0.15, -0.1) is 0 Å². The van der Waals surface area contributed by atoms with E-state index in [-0.39, 0.29) is 23.5 Å². The summed E-state index contributed by atoms with van der Waals surface area (Å²) in [4.78, 5) is 11.4. The van der Waals surface area contributed by atoms with Gasteiger partial charge in [-0.3, -0.25) is 4.79 Å². The van der Waals surface area contributed by atoms with Crippen molar-refractivity contribution >= 4 is 5.91 Å². The first-order valence-corrected chi connectivity index (χ1v) is 5.16. The Morgan fingerprint density at radius 1 is 1.64 bits per heavy atom. The molecule has 1 amide bonds. The van der Waals surface area contributed by atoms with Gasteiger partial charge in [-0.1, -0.05) is 13.8 Å². The van der Waals surface area contributed by atoms with E-state index < -0.39 is 0 Å². The zero-order chi connectivity index (χ0) is 10.8. The minimum absolute atomic E-state index is 0.0421. The van der Waals surface area contributed by atoms with Gasteiger partial charge in [-0.05, 0) is 19.4 Å². The van der Waals surface area contributed by atoms with Crippen molar-refractivity contribution in [3.8, 4) is 0 Å². The number of carbonyl (C=O) groups excluding carboxylic acids is 1. The van der Waals surface area contributed by atoms with Crippen molar-refractivity contribution in [3.63, 3.8) is 0 Å². The Kier molecular flexibility index (Phi) is 3.50. The number of hydrogen-bond acceptors (Lipinski definition) is 3. The van der Waals surface area contributed by atoms with E-state index in [1.54, 1.807) is 0 Å². The number of nitrogens with two attached hydrogens (primary N) is 1. The van der Waals surface area contributed by atoms with Crippen LogP contribution in [0.4, 0.5) is 0 Å². The third kappa shape index (κ3) is 2.25. The van der Waals surface area contributed by atoms with Gasteiger partial charge in [-0.25, -0.2) is 0 Å². The van der Waals surface area contributed by atoms with Crippen molar-refractivity contribution in [2.45, 2.75) is 45.3 Å². The molecular formula is C10H20N2O2. The molecule has 2 unspecified atom stereocenters. The molecule has 0 aromatic heterocycles. The molecule has 1 rings (SSSR count). The molecule has 1 fully saturated rings. The molecule has 0 aliphatic heterocycles. The van der Waals surface area contributed by atoms with Crippen LogP contribution in [0, 0.1) is 5.41 Å². The zero-order valence-electron chi connectivity index (χ0n) is 8.92. The van der Waals surface area contributed by atoms with Crippen LogP contribution in [0.3, 0.4) is 0 Å². The number of aliphatic hydroxyl groups excluding tert-OH is 1. The second kappa shape index (κ2) is 4.28. The summed E-state index contributed by atoms with van der Waals surface area (Å²) in [5.74, 6) is 0.0421. The van der Waals surface area contributed by atoms with Crippen molar-refractivity contribution in [2.75, 3.05) is 6.54 Å². The highest BCUT2D eigenvalue weighted by atomic mass is 16.3. The fourth-order valence-corrected chi connectivity index (χ4v) is 1.68. The summed E-state index contributed by atoms with van der Waals surface area (Å²) in [5, 5.41) is 12.4. The normalized spacial score (nSPS) is 29.4. The lowest BCUT2D eigenvalue weighted by Crippen LogP contribution is -2.61. The van der Waals surface area contributed by atoms with Crippen LogP contribution in [0.1, 0.15) is 33.1 Å². The molecule has 1 saturated carbocycles. The Hall–Kier alpha value is -0.610. The first-order valence-electron chi connectivity index (χ1n) is 5.16. The first-order chi connectivity index (χ1) is 6.48. The number of rotatable bonds is 4. The van der Waals surface area contributed by atoms with Gasteiger partial charge in [0.1, 0.15) is 0 Å². The number of amides is 1. The maximum absolute atomic E-state index is 11.4. The summed E-state index contributed by atoms with van der Waals surface area (Å²) in [6, 6.07) is 0.114. The highest BCUT2D eigenvalue weighted by molar-refractivity contribution is 5.76. The SMILES string of the molecule is CC1(C)C(O)CC1NC(=O)CCCN. The van der Waals surface area contributed by atoms with Crippen molar-refractivity contribution in [2.24, 2.45) is 11.1 Å². The Labute approximate surface area is 84.9 Å². The summed E-state index contributed by atoms with van der Waals surface area (Å²) in [5.41, 5.74) is 5.13. The number of hydrogen-bond donors (Lipinski definition) is 3.